The minimum atomic E-state index is -0.870. The Bertz CT molecular complexity index is 720. The number of nitrogens with one attached hydrogen (secondary N) is 1. The maximum Gasteiger partial charge on any atom is 0.252 e. The Balaban J connectivity index is 2.03. The molecule has 1 saturated heterocycles. The number of para-hydroxylation sites is 1. The first-order valence-electron chi connectivity index (χ1n) is 9.58. The maximum absolute atomic E-state index is 13.1. The second kappa shape index (κ2) is 9.54. The smallest absolute Gasteiger partial charge is 0.252 e. The lowest BCUT2D eigenvalue weighted by molar-refractivity contribution is -0.146. The molecule has 28 heavy (non-hydrogen) atoms. The van der Waals surface area contributed by atoms with Gasteiger partial charge in [-0.1, -0.05) is 12.1 Å². The lowest BCUT2D eigenvalue weighted by Gasteiger charge is -2.32. The average Bonchev–Trinajstić information content (AvgIpc) is 3.15. The molecule has 1 aromatic carbocycles. The molecule has 154 valence electrons. The third-order valence-corrected chi connectivity index (χ3v) is 4.82. The van der Waals surface area contributed by atoms with Gasteiger partial charge >= 0.3 is 0 Å². The number of hydrogen-bond donors (Lipinski definition) is 3. The summed E-state index contributed by atoms with van der Waals surface area (Å²) in [7, 11) is 0. The third-order valence-electron chi connectivity index (χ3n) is 4.82. The van der Waals surface area contributed by atoms with Crippen molar-refractivity contribution in [1.82, 2.24) is 10.2 Å². The van der Waals surface area contributed by atoms with Crippen molar-refractivity contribution in [1.29, 1.82) is 0 Å². The van der Waals surface area contributed by atoms with Crippen molar-refractivity contribution in [3.05, 3.63) is 29.8 Å². The van der Waals surface area contributed by atoms with Gasteiger partial charge in [-0.25, -0.2) is 0 Å². The highest BCUT2D eigenvalue weighted by Gasteiger charge is 2.41. The summed E-state index contributed by atoms with van der Waals surface area (Å²) in [5.74, 6) is -0.544. The molecule has 2 rings (SSSR count). The molecule has 0 radical (unpaired) electrons. The quantitative estimate of drug-likeness (QED) is 0.533. The molecule has 0 aromatic heterocycles. The number of benzene rings is 1. The van der Waals surface area contributed by atoms with Gasteiger partial charge < -0.3 is 26.4 Å². The topological polar surface area (TPSA) is 128 Å². The molecule has 1 fully saturated rings. The summed E-state index contributed by atoms with van der Waals surface area (Å²) in [6.45, 7) is 5.14. The third kappa shape index (κ3) is 5.22. The van der Waals surface area contributed by atoms with Gasteiger partial charge in [0.1, 0.15) is 18.4 Å². The second-order valence-electron chi connectivity index (χ2n) is 7.62. The van der Waals surface area contributed by atoms with Crippen molar-refractivity contribution in [2.24, 2.45) is 16.9 Å². The predicted octanol–water partition coefficient (Wildman–Crippen LogP) is 0.647. The highest BCUT2D eigenvalue weighted by molar-refractivity contribution is 5.95. The summed E-state index contributed by atoms with van der Waals surface area (Å²) in [4.78, 5) is 38.7. The first-order chi connectivity index (χ1) is 13.3. The number of ether oxygens (including phenoxy) is 1. The van der Waals surface area contributed by atoms with E-state index in [0.29, 0.717) is 38.2 Å². The summed E-state index contributed by atoms with van der Waals surface area (Å²) in [5, 5.41) is 2.84. The first-order valence-corrected chi connectivity index (χ1v) is 9.58. The van der Waals surface area contributed by atoms with E-state index in [0.717, 1.165) is 6.42 Å². The van der Waals surface area contributed by atoms with Gasteiger partial charge in [0.05, 0.1) is 11.0 Å². The number of nitrogens with two attached hydrogens (primary N) is 2. The Hall–Kier alpha value is -2.61. The standard InChI is InChI=1S/C20H30N4O4/c1-20(2,13-28-16-9-4-3-7-14(16)17(22)25)19(27)24-12-5-8-15(24)18(26)23-11-6-10-21/h3-4,7,9,15H,5-6,8,10-13,21H2,1-2H3,(H2,22,25)(H,23,26). The van der Waals surface area contributed by atoms with Crippen LogP contribution in [0.2, 0.25) is 0 Å². The molecular weight excluding hydrogens is 360 g/mol. The minimum Gasteiger partial charge on any atom is -0.492 e. The Morgan fingerprint density at radius 1 is 1.29 bits per heavy atom. The Morgan fingerprint density at radius 3 is 2.68 bits per heavy atom. The number of hydrogen-bond acceptors (Lipinski definition) is 5. The molecule has 0 saturated carbocycles. The zero-order chi connectivity index (χ0) is 20.7. The van der Waals surface area contributed by atoms with Gasteiger partial charge in [-0.3, -0.25) is 14.4 Å². The van der Waals surface area contributed by atoms with Crippen LogP contribution in [0.5, 0.6) is 5.75 Å². The summed E-state index contributed by atoms with van der Waals surface area (Å²) < 4.78 is 5.76. The number of carbonyl (C=O) groups excluding carboxylic acids is 3. The van der Waals surface area contributed by atoms with Crippen molar-refractivity contribution in [2.45, 2.75) is 39.2 Å². The summed E-state index contributed by atoms with van der Waals surface area (Å²) in [6, 6.07) is 6.18. The number of amides is 3. The molecule has 8 heteroatoms. The number of likely N-dealkylation sites (tertiary alicyclic amines) is 1. The van der Waals surface area contributed by atoms with Crippen molar-refractivity contribution < 1.29 is 19.1 Å². The zero-order valence-corrected chi connectivity index (χ0v) is 16.6. The van der Waals surface area contributed by atoms with Crippen LogP contribution >= 0.6 is 0 Å². The summed E-state index contributed by atoms with van der Waals surface area (Å²) in [6.07, 6.45) is 2.12. The molecule has 1 aliphatic rings. The summed E-state index contributed by atoms with van der Waals surface area (Å²) in [5.41, 5.74) is 10.2. The Kier molecular flexibility index (Phi) is 7.39. The molecule has 5 N–H and O–H groups in total. The van der Waals surface area contributed by atoms with Gasteiger partial charge in [-0.05, 0) is 51.8 Å². The van der Waals surface area contributed by atoms with Crippen LogP contribution < -0.4 is 21.5 Å². The van der Waals surface area contributed by atoms with Gasteiger partial charge in [0, 0.05) is 13.1 Å². The number of rotatable bonds is 9. The second-order valence-corrected chi connectivity index (χ2v) is 7.62. The molecule has 1 atom stereocenters. The molecule has 0 spiro atoms. The van der Waals surface area contributed by atoms with E-state index in [1.807, 2.05) is 0 Å². The van der Waals surface area contributed by atoms with Crippen LogP contribution in [-0.2, 0) is 9.59 Å². The van der Waals surface area contributed by atoms with Crippen molar-refractivity contribution in [2.75, 3.05) is 26.2 Å². The molecule has 1 unspecified atom stereocenters. The lowest BCUT2D eigenvalue weighted by atomic mass is 9.92. The van der Waals surface area contributed by atoms with Crippen molar-refractivity contribution in [3.63, 3.8) is 0 Å². The van der Waals surface area contributed by atoms with Crippen molar-refractivity contribution >= 4 is 17.7 Å². The van der Waals surface area contributed by atoms with Gasteiger partial charge in [0.2, 0.25) is 11.8 Å². The Labute approximate surface area is 165 Å². The SMILES string of the molecule is CC(C)(COc1ccccc1C(N)=O)C(=O)N1CCCC1C(=O)NCCCN. The van der Waals surface area contributed by atoms with E-state index < -0.39 is 17.4 Å². The van der Waals surface area contributed by atoms with E-state index in [4.69, 9.17) is 16.2 Å². The van der Waals surface area contributed by atoms with Crippen LogP contribution in [0.4, 0.5) is 0 Å². The van der Waals surface area contributed by atoms with E-state index in [-0.39, 0.29) is 24.0 Å². The van der Waals surface area contributed by atoms with E-state index in [1.54, 1.807) is 43.0 Å². The number of nitrogens with zero attached hydrogens (tertiary/aromatic N) is 1. The highest BCUT2D eigenvalue weighted by atomic mass is 16.5. The monoisotopic (exact) mass is 390 g/mol. The molecule has 3 amide bonds. The van der Waals surface area contributed by atoms with E-state index in [1.165, 1.54) is 0 Å². The highest BCUT2D eigenvalue weighted by Crippen LogP contribution is 2.28. The molecule has 1 aliphatic heterocycles. The normalized spacial score (nSPS) is 16.7. The van der Waals surface area contributed by atoms with Crippen LogP contribution in [0.25, 0.3) is 0 Å². The molecule has 0 aliphatic carbocycles. The minimum absolute atomic E-state index is 0.0636. The lowest BCUT2D eigenvalue weighted by Crippen LogP contribution is -2.51. The number of carbonyl (C=O) groups is 3. The first kappa shape index (κ1) is 21.7. The van der Waals surface area contributed by atoms with Crippen LogP contribution in [-0.4, -0.2) is 54.9 Å². The van der Waals surface area contributed by atoms with E-state index >= 15 is 0 Å². The zero-order valence-electron chi connectivity index (χ0n) is 16.6. The summed E-state index contributed by atoms with van der Waals surface area (Å²) >= 11 is 0. The fourth-order valence-electron chi connectivity index (χ4n) is 3.22. The Morgan fingerprint density at radius 2 is 2.00 bits per heavy atom. The van der Waals surface area contributed by atoms with Gasteiger partial charge in [0.15, 0.2) is 0 Å². The largest absolute Gasteiger partial charge is 0.492 e. The van der Waals surface area contributed by atoms with Crippen molar-refractivity contribution in [3.8, 4) is 5.75 Å². The van der Waals surface area contributed by atoms with Crippen LogP contribution in [0, 0.1) is 5.41 Å². The van der Waals surface area contributed by atoms with Crippen LogP contribution in [0.15, 0.2) is 24.3 Å². The fraction of sp³-hybridized carbons (Fsp3) is 0.550. The van der Waals surface area contributed by atoms with E-state index in [9.17, 15) is 14.4 Å². The van der Waals surface area contributed by atoms with Gasteiger partial charge in [0.25, 0.3) is 5.91 Å². The number of primary amides is 1. The maximum atomic E-state index is 13.1. The van der Waals surface area contributed by atoms with Crippen LogP contribution in [0.3, 0.4) is 0 Å². The predicted molar refractivity (Wildman–Crippen MR) is 106 cm³/mol. The average molecular weight is 390 g/mol. The van der Waals surface area contributed by atoms with Gasteiger partial charge in [-0.2, -0.15) is 0 Å². The molecule has 0 bridgehead atoms. The molecular formula is C20H30N4O4. The molecule has 8 nitrogen and oxygen atoms in total. The van der Waals surface area contributed by atoms with E-state index in [2.05, 4.69) is 5.32 Å². The van der Waals surface area contributed by atoms with Gasteiger partial charge in [-0.15, -0.1) is 0 Å². The van der Waals surface area contributed by atoms with Crippen LogP contribution in [0.1, 0.15) is 43.5 Å². The molecule has 1 heterocycles. The molecule has 1 aromatic rings. The fourth-order valence-corrected chi connectivity index (χ4v) is 3.22.